The molecule has 1 amide bonds. The van der Waals surface area contributed by atoms with E-state index in [-0.39, 0.29) is 12.0 Å². The summed E-state index contributed by atoms with van der Waals surface area (Å²) in [6, 6.07) is 5.98. The molecule has 2 rings (SSSR count). The van der Waals surface area contributed by atoms with E-state index >= 15 is 0 Å². The smallest absolute Gasteiger partial charge is 0.251 e. The lowest BCUT2D eigenvalue weighted by atomic mass is 10.0. The number of carbonyl (C=O) groups excluding carboxylic acids is 1. The molecular formula is C20H32N2O3. The number of piperidine rings is 1. The van der Waals surface area contributed by atoms with Crippen molar-refractivity contribution in [2.24, 2.45) is 0 Å². The van der Waals surface area contributed by atoms with Crippen LogP contribution in [-0.4, -0.2) is 49.7 Å². The molecule has 1 atom stereocenters. The van der Waals surface area contributed by atoms with E-state index in [1.54, 1.807) is 25.3 Å². The highest BCUT2D eigenvalue weighted by Gasteiger charge is 2.17. The molecular weight excluding hydrogens is 316 g/mol. The van der Waals surface area contributed by atoms with Crippen LogP contribution in [0, 0.1) is 0 Å². The van der Waals surface area contributed by atoms with Crippen molar-refractivity contribution in [3.63, 3.8) is 0 Å². The summed E-state index contributed by atoms with van der Waals surface area (Å²) in [5.41, 5.74) is 0.597. The van der Waals surface area contributed by atoms with Gasteiger partial charge in [0, 0.05) is 24.7 Å². The molecule has 1 aliphatic rings. The third-order valence-electron chi connectivity index (χ3n) is 4.64. The minimum absolute atomic E-state index is 0.0609. The maximum absolute atomic E-state index is 12.3. The minimum atomic E-state index is -0.0684. The summed E-state index contributed by atoms with van der Waals surface area (Å²) >= 11 is 0. The van der Waals surface area contributed by atoms with E-state index in [1.165, 1.54) is 25.8 Å². The molecule has 1 aromatic rings. The Kier molecular flexibility index (Phi) is 7.56. The second-order valence-electron chi connectivity index (χ2n) is 7.02. The van der Waals surface area contributed by atoms with E-state index in [4.69, 9.17) is 9.47 Å². The predicted octanol–water partition coefficient (Wildman–Crippen LogP) is 3.48. The molecule has 0 aliphatic carbocycles. The largest absolute Gasteiger partial charge is 0.493 e. The molecule has 0 spiro atoms. The maximum atomic E-state index is 12.3. The molecule has 1 N–H and O–H groups in total. The molecule has 5 heteroatoms. The van der Waals surface area contributed by atoms with E-state index in [2.05, 4.69) is 17.1 Å². The first kappa shape index (κ1) is 19.6. The van der Waals surface area contributed by atoms with Crippen molar-refractivity contribution in [2.75, 3.05) is 26.7 Å². The van der Waals surface area contributed by atoms with Crippen molar-refractivity contribution in [1.29, 1.82) is 0 Å². The fourth-order valence-electron chi connectivity index (χ4n) is 3.24. The van der Waals surface area contributed by atoms with Crippen LogP contribution in [0.5, 0.6) is 11.5 Å². The van der Waals surface area contributed by atoms with Gasteiger partial charge in [0.1, 0.15) is 0 Å². The fraction of sp³-hybridized carbons (Fsp3) is 0.650. The van der Waals surface area contributed by atoms with Crippen LogP contribution in [0.15, 0.2) is 18.2 Å². The SMILES string of the molecule is COc1cc(C(=O)NCCCN2CCCCC2C)ccc1OC(C)C. The Morgan fingerprint density at radius 1 is 1.32 bits per heavy atom. The lowest BCUT2D eigenvalue weighted by molar-refractivity contribution is 0.0948. The molecule has 0 radical (unpaired) electrons. The molecule has 1 unspecified atom stereocenters. The number of rotatable bonds is 8. The molecule has 0 saturated carbocycles. The number of nitrogens with one attached hydrogen (secondary N) is 1. The van der Waals surface area contributed by atoms with Gasteiger partial charge in [0.05, 0.1) is 13.2 Å². The molecule has 0 bridgehead atoms. The first-order valence-corrected chi connectivity index (χ1v) is 9.38. The number of methoxy groups -OCH3 is 1. The highest BCUT2D eigenvalue weighted by atomic mass is 16.5. The molecule has 1 heterocycles. The fourth-order valence-corrected chi connectivity index (χ4v) is 3.24. The van der Waals surface area contributed by atoms with Crippen LogP contribution in [0.1, 0.15) is 56.8 Å². The number of hydrogen-bond acceptors (Lipinski definition) is 4. The van der Waals surface area contributed by atoms with Crippen LogP contribution in [0.25, 0.3) is 0 Å². The highest BCUT2D eigenvalue weighted by Crippen LogP contribution is 2.28. The average molecular weight is 348 g/mol. The van der Waals surface area contributed by atoms with Crippen LogP contribution >= 0.6 is 0 Å². The van der Waals surface area contributed by atoms with E-state index in [0.29, 0.717) is 29.6 Å². The Morgan fingerprint density at radius 3 is 2.80 bits per heavy atom. The lowest BCUT2D eigenvalue weighted by Crippen LogP contribution is -2.39. The summed E-state index contributed by atoms with van der Waals surface area (Å²) in [5.74, 6) is 1.18. The van der Waals surface area contributed by atoms with Crippen molar-refractivity contribution in [3.05, 3.63) is 23.8 Å². The van der Waals surface area contributed by atoms with E-state index in [0.717, 1.165) is 13.0 Å². The molecule has 0 aromatic heterocycles. The van der Waals surface area contributed by atoms with Gasteiger partial charge in [0.15, 0.2) is 11.5 Å². The Balaban J connectivity index is 1.82. The molecule has 5 nitrogen and oxygen atoms in total. The zero-order valence-electron chi connectivity index (χ0n) is 16.0. The van der Waals surface area contributed by atoms with Crippen molar-refractivity contribution >= 4 is 5.91 Å². The van der Waals surface area contributed by atoms with Crippen LogP contribution < -0.4 is 14.8 Å². The zero-order chi connectivity index (χ0) is 18.2. The summed E-state index contributed by atoms with van der Waals surface area (Å²) in [6.07, 6.45) is 4.96. The van der Waals surface area contributed by atoms with Gasteiger partial charge in [-0.15, -0.1) is 0 Å². The number of carbonyl (C=O) groups is 1. The molecule has 1 fully saturated rings. The Hall–Kier alpha value is -1.75. The van der Waals surface area contributed by atoms with Gasteiger partial charge >= 0.3 is 0 Å². The number of nitrogens with zero attached hydrogens (tertiary/aromatic N) is 1. The predicted molar refractivity (Wildman–Crippen MR) is 101 cm³/mol. The zero-order valence-corrected chi connectivity index (χ0v) is 16.0. The quantitative estimate of drug-likeness (QED) is 0.731. The number of ether oxygens (including phenoxy) is 2. The second kappa shape index (κ2) is 9.66. The van der Waals surface area contributed by atoms with Gasteiger partial charge in [-0.2, -0.15) is 0 Å². The number of benzene rings is 1. The minimum Gasteiger partial charge on any atom is -0.493 e. The third kappa shape index (κ3) is 5.92. The lowest BCUT2D eigenvalue weighted by Gasteiger charge is -2.33. The van der Waals surface area contributed by atoms with Gasteiger partial charge in [-0.3, -0.25) is 4.79 Å². The summed E-state index contributed by atoms with van der Waals surface area (Å²) in [4.78, 5) is 14.9. The molecule has 1 saturated heterocycles. The van der Waals surface area contributed by atoms with Crippen LogP contribution in [0.3, 0.4) is 0 Å². The highest BCUT2D eigenvalue weighted by molar-refractivity contribution is 5.94. The number of hydrogen-bond donors (Lipinski definition) is 1. The Bertz CT molecular complexity index is 560. The summed E-state index contributed by atoms with van der Waals surface area (Å²) in [5, 5.41) is 3.00. The Labute approximate surface area is 151 Å². The van der Waals surface area contributed by atoms with Gasteiger partial charge in [-0.25, -0.2) is 0 Å². The first-order valence-electron chi connectivity index (χ1n) is 9.38. The Morgan fingerprint density at radius 2 is 2.12 bits per heavy atom. The summed E-state index contributed by atoms with van der Waals surface area (Å²) in [6.45, 7) is 9.14. The number of likely N-dealkylation sites (tertiary alicyclic amines) is 1. The van der Waals surface area contributed by atoms with Crippen LogP contribution in [0.4, 0.5) is 0 Å². The molecule has 25 heavy (non-hydrogen) atoms. The van der Waals surface area contributed by atoms with Gasteiger partial charge in [-0.05, 0) is 64.8 Å². The number of amides is 1. The van der Waals surface area contributed by atoms with Crippen LogP contribution in [0.2, 0.25) is 0 Å². The van der Waals surface area contributed by atoms with Crippen molar-refractivity contribution in [2.45, 2.75) is 58.6 Å². The van der Waals surface area contributed by atoms with Crippen molar-refractivity contribution < 1.29 is 14.3 Å². The van der Waals surface area contributed by atoms with Crippen molar-refractivity contribution in [1.82, 2.24) is 10.2 Å². The third-order valence-corrected chi connectivity index (χ3v) is 4.64. The van der Waals surface area contributed by atoms with Crippen molar-refractivity contribution in [3.8, 4) is 11.5 Å². The topological polar surface area (TPSA) is 50.8 Å². The summed E-state index contributed by atoms with van der Waals surface area (Å²) in [7, 11) is 1.59. The van der Waals surface area contributed by atoms with Gasteiger partial charge in [0.2, 0.25) is 0 Å². The normalized spacial score (nSPS) is 18.2. The monoisotopic (exact) mass is 348 g/mol. The molecule has 1 aliphatic heterocycles. The van der Waals surface area contributed by atoms with Gasteiger partial charge in [0.25, 0.3) is 5.91 Å². The van der Waals surface area contributed by atoms with Gasteiger partial charge in [-0.1, -0.05) is 6.42 Å². The van der Waals surface area contributed by atoms with E-state index in [9.17, 15) is 4.79 Å². The summed E-state index contributed by atoms with van der Waals surface area (Å²) < 4.78 is 11.0. The first-order chi connectivity index (χ1) is 12.0. The van der Waals surface area contributed by atoms with Gasteiger partial charge < -0.3 is 19.7 Å². The second-order valence-corrected chi connectivity index (χ2v) is 7.02. The van der Waals surface area contributed by atoms with E-state index < -0.39 is 0 Å². The van der Waals surface area contributed by atoms with E-state index in [1.807, 2.05) is 13.8 Å². The average Bonchev–Trinajstić information content (AvgIpc) is 2.59. The molecule has 140 valence electrons. The standard InChI is InChI=1S/C20H32N2O3/c1-15(2)25-18-10-9-17(14-19(18)24-4)20(23)21-11-7-13-22-12-6-5-8-16(22)3/h9-10,14-16H,5-8,11-13H2,1-4H3,(H,21,23). The molecule has 1 aromatic carbocycles. The van der Waals surface area contributed by atoms with Crippen LogP contribution in [-0.2, 0) is 0 Å². The maximum Gasteiger partial charge on any atom is 0.251 e.